The van der Waals surface area contributed by atoms with Crippen LogP contribution < -0.4 is 4.90 Å². The molecule has 1 fully saturated rings. The molecule has 20 heavy (non-hydrogen) atoms. The average molecular weight is 267 g/mol. The van der Waals surface area contributed by atoms with Gasteiger partial charge in [-0.15, -0.1) is 0 Å². The lowest BCUT2D eigenvalue weighted by Gasteiger charge is -2.24. The van der Waals surface area contributed by atoms with Crippen molar-refractivity contribution in [3.05, 3.63) is 72.1 Å². The molecule has 1 nitrogen and oxygen atoms in total. The van der Waals surface area contributed by atoms with E-state index in [2.05, 4.69) is 29.2 Å². The Labute approximate surface area is 119 Å². The van der Waals surface area contributed by atoms with Gasteiger partial charge in [-0.25, -0.2) is 4.39 Å². The van der Waals surface area contributed by atoms with Gasteiger partial charge in [-0.1, -0.05) is 42.5 Å². The van der Waals surface area contributed by atoms with Gasteiger partial charge in [0.2, 0.25) is 0 Å². The van der Waals surface area contributed by atoms with E-state index < -0.39 is 0 Å². The van der Waals surface area contributed by atoms with Gasteiger partial charge in [-0.05, 0) is 42.7 Å². The van der Waals surface area contributed by atoms with Crippen molar-refractivity contribution >= 4 is 11.8 Å². The molecule has 0 amide bonds. The van der Waals surface area contributed by atoms with Crippen LogP contribution in [0.3, 0.4) is 0 Å². The quantitative estimate of drug-likeness (QED) is 0.791. The van der Waals surface area contributed by atoms with Crippen molar-refractivity contribution in [2.45, 2.75) is 18.9 Å². The molecule has 1 unspecified atom stereocenters. The summed E-state index contributed by atoms with van der Waals surface area (Å²) in [6.07, 6.45) is 6.76. The summed E-state index contributed by atoms with van der Waals surface area (Å²) in [4.78, 5) is 2.35. The molecule has 102 valence electrons. The van der Waals surface area contributed by atoms with Crippen LogP contribution in [0.15, 0.2) is 60.7 Å². The van der Waals surface area contributed by atoms with E-state index in [1.54, 1.807) is 0 Å². The Morgan fingerprint density at radius 1 is 1.00 bits per heavy atom. The number of rotatable bonds is 3. The van der Waals surface area contributed by atoms with Crippen LogP contribution in [0.1, 0.15) is 18.4 Å². The van der Waals surface area contributed by atoms with E-state index in [0.29, 0.717) is 6.04 Å². The van der Waals surface area contributed by atoms with E-state index in [-0.39, 0.29) is 5.82 Å². The van der Waals surface area contributed by atoms with Gasteiger partial charge in [0.15, 0.2) is 0 Å². The standard InChI is InChI=1S/C18H18FN/c19-16-9-12-18(13-10-16)20-14-4-7-17(20)11-8-15-5-2-1-3-6-15/h1-3,5-6,8-13,17H,4,7,14H2/b11-8-. The molecular formula is C18H18FN. The zero-order valence-electron chi connectivity index (χ0n) is 11.4. The monoisotopic (exact) mass is 267 g/mol. The lowest BCUT2D eigenvalue weighted by Crippen LogP contribution is -2.27. The van der Waals surface area contributed by atoms with Crippen LogP contribution in [0.2, 0.25) is 0 Å². The van der Waals surface area contributed by atoms with Crippen LogP contribution in [0, 0.1) is 5.82 Å². The third-order valence-corrected chi connectivity index (χ3v) is 3.77. The molecule has 0 aromatic heterocycles. The molecule has 0 saturated carbocycles. The third-order valence-electron chi connectivity index (χ3n) is 3.77. The van der Waals surface area contributed by atoms with Crippen molar-refractivity contribution in [1.82, 2.24) is 0 Å². The summed E-state index contributed by atoms with van der Waals surface area (Å²) in [5.74, 6) is -0.177. The molecule has 0 N–H and O–H groups in total. The summed E-state index contributed by atoms with van der Waals surface area (Å²) in [6, 6.07) is 17.5. The molecule has 2 aromatic rings. The van der Waals surface area contributed by atoms with E-state index in [4.69, 9.17) is 0 Å². The highest BCUT2D eigenvalue weighted by molar-refractivity contribution is 5.54. The van der Waals surface area contributed by atoms with E-state index in [1.165, 1.54) is 24.1 Å². The lowest BCUT2D eigenvalue weighted by atomic mass is 10.1. The molecule has 0 spiro atoms. The maximum Gasteiger partial charge on any atom is 0.123 e. The predicted octanol–water partition coefficient (Wildman–Crippen LogP) is 4.51. The molecule has 0 bridgehead atoms. The van der Waals surface area contributed by atoms with Crippen molar-refractivity contribution in [3.8, 4) is 0 Å². The minimum atomic E-state index is -0.177. The molecule has 2 heteroatoms. The van der Waals surface area contributed by atoms with E-state index in [9.17, 15) is 4.39 Å². The predicted molar refractivity (Wildman–Crippen MR) is 82.2 cm³/mol. The van der Waals surface area contributed by atoms with Gasteiger partial charge in [0.25, 0.3) is 0 Å². The van der Waals surface area contributed by atoms with Crippen molar-refractivity contribution in [2.24, 2.45) is 0 Å². The molecule has 1 aliphatic rings. The normalized spacial score (nSPS) is 18.9. The zero-order valence-corrected chi connectivity index (χ0v) is 11.4. The Morgan fingerprint density at radius 3 is 2.50 bits per heavy atom. The highest BCUT2D eigenvalue weighted by Gasteiger charge is 2.22. The van der Waals surface area contributed by atoms with Gasteiger partial charge in [0.1, 0.15) is 5.82 Å². The number of nitrogens with zero attached hydrogens (tertiary/aromatic N) is 1. The topological polar surface area (TPSA) is 3.24 Å². The van der Waals surface area contributed by atoms with Gasteiger partial charge >= 0.3 is 0 Å². The van der Waals surface area contributed by atoms with Gasteiger partial charge in [-0.2, -0.15) is 0 Å². The van der Waals surface area contributed by atoms with Crippen molar-refractivity contribution in [3.63, 3.8) is 0 Å². The van der Waals surface area contributed by atoms with Crippen molar-refractivity contribution < 1.29 is 4.39 Å². The Kier molecular flexibility index (Phi) is 3.82. The Morgan fingerprint density at radius 2 is 1.75 bits per heavy atom. The highest BCUT2D eigenvalue weighted by atomic mass is 19.1. The Bertz CT molecular complexity index is 574. The molecule has 1 atom stereocenters. The fourth-order valence-corrected chi connectivity index (χ4v) is 2.73. The van der Waals surface area contributed by atoms with Crippen LogP contribution in [0.5, 0.6) is 0 Å². The first-order chi connectivity index (χ1) is 9.83. The summed E-state index contributed by atoms with van der Waals surface area (Å²) >= 11 is 0. The maximum absolute atomic E-state index is 13.0. The number of hydrogen-bond acceptors (Lipinski definition) is 1. The van der Waals surface area contributed by atoms with Crippen LogP contribution in [0.25, 0.3) is 6.08 Å². The van der Waals surface area contributed by atoms with Crippen LogP contribution in [-0.2, 0) is 0 Å². The summed E-state index contributed by atoms with van der Waals surface area (Å²) in [7, 11) is 0. The van der Waals surface area contributed by atoms with E-state index >= 15 is 0 Å². The largest absolute Gasteiger partial charge is 0.365 e. The second-order valence-corrected chi connectivity index (χ2v) is 5.15. The van der Waals surface area contributed by atoms with Gasteiger partial charge in [0.05, 0.1) is 0 Å². The maximum atomic E-state index is 13.0. The van der Waals surface area contributed by atoms with Gasteiger partial charge in [-0.3, -0.25) is 0 Å². The first kappa shape index (κ1) is 12.9. The molecule has 0 aliphatic carbocycles. The summed E-state index contributed by atoms with van der Waals surface area (Å²) < 4.78 is 13.0. The smallest absolute Gasteiger partial charge is 0.123 e. The number of benzene rings is 2. The fourth-order valence-electron chi connectivity index (χ4n) is 2.73. The molecular weight excluding hydrogens is 249 g/mol. The Balaban J connectivity index is 1.76. The van der Waals surface area contributed by atoms with E-state index in [1.807, 2.05) is 30.3 Å². The highest BCUT2D eigenvalue weighted by Crippen LogP contribution is 2.26. The minimum Gasteiger partial charge on any atom is -0.365 e. The first-order valence-electron chi connectivity index (χ1n) is 7.08. The number of hydrogen-bond donors (Lipinski definition) is 0. The summed E-state index contributed by atoms with van der Waals surface area (Å²) in [5, 5.41) is 0. The van der Waals surface area contributed by atoms with Crippen LogP contribution in [-0.4, -0.2) is 12.6 Å². The molecule has 0 radical (unpaired) electrons. The van der Waals surface area contributed by atoms with Crippen molar-refractivity contribution in [1.29, 1.82) is 0 Å². The first-order valence-corrected chi connectivity index (χ1v) is 7.08. The molecule has 1 aliphatic heterocycles. The minimum absolute atomic E-state index is 0.177. The summed E-state index contributed by atoms with van der Waals surface area (Å²) in [5.41, 5.74) is 2.32. The van der Waals surface area contributed by atoms with E-state index in [0.717, 1.165) is 18.7 Å². The van der Waals surface area contributed by atoms with Crippen LogP contribution >= 0.6 is 0 Å². The van der Waals surface area contributed by atoms with Crippen molar-refractivity contribution in [2.75, 3.05) is 11.4 Å². The average Bonchev–Trinajstić information content (AvgIpc) is 2.95. The van der Waals surface area contributed by atoms with Gasteiger partial charge in [0, 0.05) is 18.3 Å². The molecule has 1 saturated heterocycles. The lowest BCUT2D eigenvalue weighted by molar-refractivity contribution is 0.627. The molecule has 3 rings (SSSR count). The van der Waals surface area contributed by atoms with Crippen LogP contribution in [0.4, 0.5) is 10.1 Å². The second-order valence-electron chi connectivity index (χ2n) is 5.15. The van der Waals surface area contributed by atoms with Gasteiger partial charge < -0.3 is 4.90 Å². The number of anilines is 1. The zero-order chi connectivity index (χ0) is 13.8. The number of halogens is 1. The summed E-state index contributed by atoms with van der Waals surface area (Å²) in [6.45, 7) is 1.04. The third kappa shape index (κ3) is 2.90. The SMILES string of the molecule is Fc1ccc(N2CCCC2/C=C\c2ccccc2)cc1. The Hall–Kier alpha value is -2.09. The fraction of sp³-hybridized carbons (Fsp3) is 0.222. The molecule has 1 heterocycles. The second kappa shape index (κ2) is 5.91. The molecule has 2 aromatic carbocycles.